The molecular weight excluding hydrogens is 338 g/mol. The van der Waals surface area contributed by atoms with Gasteiger partial charge in [-0.3, -0.25) is 13.9 Å². The van der Waals surface area contributed by atoms with E-state index in [4.69, 9.17) is 4.74 Å². The maximum Gasteiger partial charge on any atom is 0.332 e. The molecule has 136 valence electrons. The van der Waals surface area contributed by atoms with E-state index in [0.29, 0.717) is 29.4 Å². The molecule has 1 aliphatic heterocycles. The SMILES string of the molecule is COc1cccc(N2C[C@@H](O)Cn3c2nc2c3c(=O)n(C)c(=O)n2C)c1. The van der Waals surface area contributed by atoms with E-state index in [1.165, 1.54) is 11.6 Å². The lowest BCUT2D eigenvalue weighted by Gasteiger charge is -2.32. The number of hydrogen-bond acceptors (Lipinski definition) is 6. The number of aliphatic hydroxyl groups is 1. The molecule has 9 nitrogen and oxygen atoms in total. The highest BCUT2D eigenvalue weighted by Gasteiger charge is 2.30. The van der Waals surface area contributed by atoms with Crippen LogP contribution in [0.1, 0.15) is 0 Å². The Morgan fingerprint density at radius 1 is 1.19 bits per heavy atom. The summed E-state index contributed by atoms with van der Waals surface area (Å²) < 4.78 is 9.34. The van der Waals surface area contributed by atoms with Gasteiger partial charge >= 0.3 is 5.69 Å². The number of aromatic nitrogens is 4. The summed E-state index contributed by atoms with van der Waals surface area (Å²) in [5, 5.41) is 10.4. The number of hydrogen-bond donors (Lipinski definition) is 1. The molecule has 0 saturated carbocycles. The van der Waals surface area contributed by atoms with E-state index in [2.05, 4.69) is 4.98 Å². The van der Waals surface area contributed by atoms with E-state index in [0.717, 1.165) is 10.3 Å². The van der Waals surface area contributed by atoms with E-state index in [1.807, 2.05) is 29.2 Å². The Kier molecular flexibility index (Phi) is 3.62. The van der Waals surface area contributed by atoms with Gasteiger partial charge in [0.05, 0.1) is 26.3 Å². The molecule has 9 heteroatoms. The van der Waals surface area contributed by atoms with Crippen LogP contribution in [0.3, 0.4) is 0 Å². The van der Waals surface area contributed by atoms with Crippen LogP contribution in [0.25, 0.3) is 11.2 Å². The molecule has 0 bridgehead atoms. The average Bonchev–Trinajstić information content (AvgIpc) is 3.03. The van der Waals surface area contributed by atoms with E-state index < -0.39 is 17.4 Å². The van der Waals surface area contributed by atoms with Gasteiger partial charge in [-0.05, 0) is 12.1 Å². The van der Waals surface area contributed by atoms with Gasteiger partial charge in [0.15, 0.2) is 11.2 Å². The van der Waals surface area contributed by atoms with Crippen LogP contribution in [0, 0.1) is 0 Å². The van der Waals surface area contributed by atoms with Gasteiger partial charge in [0.2, 0.25) is 5.95 Å². The number of benzene rings is 1. The second kappa shape index (κ2) is 5.73. The average molecular weight is 357 g/mol. The zero-order valence-electron chi connectivity index (χ0n) is 14.7. The number of β-amino-alcohol motifs (C(OH)–C–C–N with tert-alkyl or cyclic N) is 1. The van der Waals surface area contributed by atoms with Crippen LogP contribution in [0.15, 0.2) is 33.9 Å². The van der Waals surface area contributed by atoms with Gasteiger partial charge in [0.25, 0.3) is 5.56 Å². The molecule has 1 N–H and O–H groups in total. The van der Waals surface area contributed by atoms with E-state index in [9.17, 15) is 14.7 Å². The molecule has 0 aliphatic carbocycles. The highest BCUT2D eigenvalue weighted by molar-refractivity contribution is 5.77. The van der Waals surface area contributed by atoms with Crippen molar-refractivity contribution in [2.45, 2.75) is 12.6 Å². The van der Waals surface area contributed by atoms with Crippen molar-refractivity contribution < 1.29 is 9.84 Å². The second-order valence-corrected chi connectivity index (χ2v) is 6.37. The summed E-state index contributed by atoms with van der Waals surface area (Å²) in [5.41, 5.74) is 0.515. The summed E-state index contributed by atoms with van der Waals surface area (Å²) >= 11 is 0. The van der Waals surface area contributed by atoms with Crippen LogP contribution in [0.4, 0.5) is 11.6 Å². The van der Waals surface area contributed by atoms with Gasteiger partial charge in [-0.25, -0.2) is 4.79 Å². The van der Waals surface area contributed by atoms with E-state index in [1.54, 1.807) is 18.7 Å². The molecule has 0 amide bonds. The fourth-order valence-corrected chi connectivity index (χ4v) is 3.37. The summed E-state index contributed by atoms with van der Waals surface area (Å²) in [7, 11) is 4.59. The number of rotatable bonds is 2. The predicted octanol–water partition coefficient (Wildman–Crippen LogP) is -0.0451. The first-order valence-corrected chi connectivity index (χ1v) is 8.18. The maximum atomic E-state index is 12.7. The van der Waals surface area contributed by atoms with Crippen molar-refractivity contribution in [1.29, 1.82) is 0 Å². The third kappa shape index (κ3) is 2.24. The highest BCUT2D eigenvalue weighted by atomic mass is 16.5. The van der Waals surface area contributed by atoms with Gasteiger partial charge in [0.1, 0.15) is 5.75 Å². The Balaban J connectivity index is 2.01. The van der Waals surface area contributed by atoms with Crippen molar-refractivity contribution in [3.63, 3.8) is 0 Å². The fraction of sp³-hybridized carbons (Fsp3) is 0.353. The number of aryl methyl sites for hydroxylation is 1. The van der Waals surface area contributed by atoms with Crippen molar-refractivity contribution in [1.82, 2.24) is 18.7 Å². The van der Waals surface area contributed by atoms with E-state index >= 15 is 0 Å². The van der Waals surface area contributed by atoms with Crippen LogP contribution < -0.4 is 20.9 Å². The van der Waals surface area contributed by atoms with Crippen LogP contribution in [-0.4, -0.2) is 43.6 Å². The molecule has 0 radical (unpaired) electrons. The molecule has 1 aromatic carbocycles. The van der Waals surface area contributed by atoms with Crippen molar-refractivity contribution in [3.8, 4) is 5.75 Å². The Morgan fingerprint density at radius 3 is 2.69 bits per heavy atom. The molecule has 0 unspecified atom stereocenters. The molecule has 4 rings (SSSR count). The first kappa shape index (κ1) is 16.4. The normalized spacial score (nSPS) is 16.8. The first-order chi connectivity index (χ1) is 12.4. The standard InChI is InChI=1S/C17H19N5O4/c1-19-14-13(15(24)20(2)17(19)25)22-9-11(23)8-21(16(22)18-14)10-5-4-6-12(7-10)26-3/h4-7,11,23H,8-9H2,1-3H3/t11-/m1/s1. The van der Waals surface area contributed by atoms with Crippen molar-refractivity contribution in [3.05, 3.63) is 45.1 Å². The Labute approximate surface area is 148 Å². The number of imidazole rings is 1. The van der Waals surface area contributed by atoms with Gasteiger partial charge in [-0.2, -0.15) is 4.98 Å². The second-order valence-electron chi connectivity index (χ2n) is 6.37. The molecule has 26 heavy (non-hydrogen) atoms. The van der Waals surface area contributed by atoms with Crippen molar-refractivity contribution in [2.75, 3.05) is 18.6 Å². The zero-order valence-corrected chi connectivity index (χ0v) is 14.7. The summed E-state index contributed by atoms with van der Waals surface area (Å²) in [6, 6.07) is 7.38. The molecule has 3 aromatic rings. The minimum Gasteiger partial charge on any atom is -0.497 e. The van der Waals surface area contributed by atoms with Crippen LogP contribution in [-0.2, 0) is 20.6 Å². The summed E-state index contributed by atoms with van der Waals surface area (Å²) in [6.07, 6.45) is -0.687. The van der Waals surface area contributed by atoms with Crippen LogP contribution in [0.5, 0.6) is 5.75 Å². The molecule has 0 fully saturated rings. The number of fused-ring (bicyclic) bond motifs is 3. The molecular formula is C17H19N5O4. The fourth-order valence-electron chi connectivity index (χ4n) is 3.37. The number of anilines is 2. The lowest BCUT2D eigenvalue weighted by atomic mass is 10.2. The molecule has 2 aromatic heterocycles. The molecule has 1 atom stereocenters. The largest absolute Gasteiger partial charge is 0.497 e. The topological polar surface area (TPSA) is 94.5 Å². The van der Waals surface area contributed by atoms with Crippen molar-refractivity contribution >= 4 is 22.8 Å². The lowest BCUT2D eigenvalue weighted by molar-refractivity contribution is 0.154. The molecule has 0 spiro atoms. The number of methoxy groups -OCH3 is 1. The predicted molar refractivity (Wildman–Crippen MR) is 96.2 cm³/mol. The van der Waals surface area contributed by atoms with Gasteiger partial charge in [-0.1, -0.05) is 6.07 Å². The molecule has 0 saturated heterocycles. The quantitative estimate of drug-likeness (QED) is 0.691. The minimum absolute atomic E-state index is 0.236. The van der Waals surface area contributed by atoms with Gasteiger partial charge in [-0.15, -0.1) is 0 Å². The van der Waals surface area contributed by atoms with Crippen molar-refractivity contribution in [2.24, 2.45) is 14.1 Å². The van der Waals surface area contributed by atoms with Gasteiger partial charge < -0.3 is 19.3 Å². The van der Waals surface area contributed by atoms with E-state index in [-0.39, 0.29) is 6.54 Å². The Bertz CT molecular complexity index is 1130. The third-order valence-electron chi connectivity index (χ3n) is 4.72. The third-order valence-corrected chi connectivity index (χ3v) is 4.72. The lowest BCUT2D eigenvalue weighted by Crippen LogP contribution is -2.40. The Morgan fingerprint density at radius 2 is 1.96 bits per heavy atom. The molecule has 3 heterocycles. The number of aliphatic hydroxyl groups excluding tert-OH is 1. The van der Waals surface area contributed by atoms with Crippen LogP contribution >= 0.6 is 0 Å². The maximum absolute atomic E-state index is 12.7. The van der Waals surface area contributed by atoms with Gasteiger partial charge in [0, 0.05) is 25.8 Å². The first-order valence-electron chi connectivity index (χ1n) is 8.18. The highest BCUT2D eigenvalue weighted by Crippen LogP contribution is 2.32. The summed E-state index contributed by atoms with van der Waals surface area (Å²) in [6.45, 7) is 0.560. The monoisotopic (exact) mass is 357 g/mol. The Hall–Kier alpha value is -3.07. The smallest absolute Gasteiger partial charge is 0.332 e. The van der Waals surface area contributed by atoms with Crippen LogP contribution in [0.2, 0.25) is 0 Å². The zero-order chi connectivity index (χ0) is 18.6. The molecule has 1 aliphatic rings. The summed E-state index contributed by atoms with van der Waals surface area (Å²) in [5.74, 6) is 1.19. The number of ether oxygens (including phenoxy) is 1. The minimum atomic E-state index is -0.687. The summed E-state index contributed by atoms with van der Waals surface area (Å²) in [4.78, 5) is 31.2. The number of nitrogens with zero attached hydrogens (tertiary/aromatic N) is 5.